The van der Waals surface area contributed by atoms with Crippen molar-refractivity contribution in [1.29, 1.82) is 0 Å². The molecule has 0 radical (unpaired) electrons. The molecule has 130 valence electrons. The van der Waals surface area contributed by atoms with Gasteiger partial charge in [0.25, 0.3) is 0 Å². The zero-order valence-corrected chi connectivity index (χ0v) is 13.9. The number of hydrogen-bond acceptors (Lipinski definition) is 3. The molecule has 3 amide bonds. The number of hydrogen-bond donors (Lipinski definition) is 3. The fourth-order valence-corrected chi connectivity index (χ4v) is 2.77. The summed E-state index contributed by atoms with van der Waals surface area (Å²) in [6, 6.07) is 6.01. The predicted molar refractivity (Wildman–Crippen MR) is 89.8 cm³/mol. The van der Waals surface area contributed by atoms with Crippen molar-refractivity contribution >= 4 is 23.6 Å². The minimum Gasteiger partial charge on any atom is -0.481 e. The van der Waals surface area contributed by atoms with Crippen LogP contribution in [0, 0.1) is 0 Å². The topological polar surface area (TPSA) is 98.7 Å². The fourth-order valence-electron chi connectivity index (χ4n) is 2.77. The van der Waals surface area contributed by atoms with Crippen molar-refractivity contribution in [2.75, 3.05) is 11.9 Å². The van der Waals surface area contributed by atoms with Crippen LogP contribution in [-0.2, 0) is 16.0 Å². The van der Waals surface area contributed by atoms with Gasteiger partial charge in [-0.1, -0.05) is 12.1 Å². The molecule has 0 bridgehead atoms. The number of nitrogens with zero attached hydrogens (tertiary/aromatic N) is 1. The van der Waals surface area contributed by atoms with Gasteiger partial charge in [0.1, 0.15) is 6.04 Å². The number of anilines is 1. The number of carboxylic acid groups (broad SMARTS) is 1. The number of carbonyl (C=O) groups excluding carboxylic acids is 2. The van der Waals surface area contributed by atoms with Crippen molar-refractivity contribution in [2.45, 2.75) is 45.2 Å². The van der Waals surface area contributed by atoms with Crippen LogP contribution in [-0.4, -0.2) is 46.5 Å². The number of benzene rings is 1. The largest absolute Gasteiger partial charge is 0.481 e. The molecule has 1 fully saturated rings. The third-order valence-electron chi connectivity index (χ3n) is 3.78. The van der Waals surface area contributed by atoms with Gasteiger partial charge >= 0.3 is 12.0 Å². The van der Waals surface area contributed by atoms with Gasteiger partial charge in [-0.05, 0) is 44.4 Å². The maximum absolute atomic E-state index is 12.5. The van der Waals surface area contributed by atoms with Gasteiger partial charge in [-0.2, -0.15) is 0 Å². The maximum atomic E-state index is 12.5. The highest BCUT2D eigenvalue weighted by atomic mass is 16.4. The predicted octanol–water partition coefficient (Wildman–Crippen LogP) is 1.83. The van der Waals surface area contributed by atoms with E-state index in [9.17, 15) is 14.4 Å². The normalized spacial score (nSPS) is 17.0. The van der Waals surface area contributed by atoms with Crippen molar-refractivity contribution in [3.05, 3.63) is 29.8 Å². The summed E-state index contributed by atoms with van der Waals surface area (Å²) in [7, 11) is 0. The second kappa shape index (κ2) is 7.81. The molecule has 7 nitrogen and oxygen atoms in total. The van der Waals surface area contributed by atoms with Crippen LogP contribution in [0.3, 0.4) is 0 Å². The van der Waals surface area contributed by atoms with Gasteiger partial charge in [-0.3, -0.25) is 9.59 Å². The summed E-state index contributed by atoms with van der Waals surface area (Å²) in [4.78, 5) is 37.0. The summed E-state index contributed by atoms with van der Waals surface area (Å²) >= 11 is 0. The number of likely N-dealkylation sites (tertiary alicyclic amines) is 1. The summed E-state index contributed by atoms with van der Waals surface area (Å²) in [5.74, 6) is -1.18. The van der Waals surface area contributed by atoms with E-state index in [0.717, 1.165) is 6.42 Å². The Hall–Kier alpha value is -2.57. The number of rotatable bonds is 5. The molecule has 1 aromatic rings. The van der Waals surface area contributed by atoms with Crippen LogP contribution >= 0.6 is 0 Å². The average molecular weight is 333 g/mol. The first-order valence-electron chi connectivity index (χ1n) is 8.05. The molecule has 1 aliphatic rings. The highest BCUT2D eigenvalue weighted by molar-refractivity contribution is 5.97. The van der Waals surface area contributed by atoms with Crippen LogP contribution in [0.1, 0.15) is 32.3 Å². The Labute approximate surface area is 141 Å². The molecule has 1 aliphatic heterocycles. The molecule has 1 aromatic carbocycles. The maximum Gasteiger partial charge on any atom is 0.318 e. The Morgan fingerprint density at radius 2 is 2.08 bits per heavy atom. The van der Waals surface area contributed by atoms with E-state index in [4.69, 9.17) is 5.11 Å². The Morgan fingerprint density at radius 3 is 2.75 bits per heavy atom. The van der Waals surface area contributed by atoms with Gasteiger partial charge in [0.15, 0.2) is 0 Å². The first-order valence-corrected chi connectivity index (χ1v) is 8.05. The van der Waals surface area contributed by atoms with Gasteiger partial charge in [0.05, 0.1) is 6.42 Å². The fraction of sp³-hybridized carbons (Fsp3) is 0.471. The van der Waals surface area contributed by atoms with E-state index in [1.165, 1.54) is 0 Å². The van der Waals surface area contributed by atoms with Crippen LogP contribution in [0.15, 0.2) is 24.3 Å². The Morgan fingerprint density at radius 1 is 1.33 bits per heavy atom. The first-order chi connectivity index (χ1) is 11.4. The molecule has 7 heteroatoms. The number of aliphatic carboxylic acids is 1. The van der Waals surface area contributed by atoms with Gasteiger partial charge in [0, 0.05) is 18.3 Å². The Kier molecular flexibility index (Phi) is 5.78. The van der Waals surface area contributed by atoms with E-state index in [1.807, 2.05) is 13.8 Å². The molecule has 1 heterocycles. The number of carbonyl (C=O) groups is 3. The standard InChI is InChI=1S/C17H23N3O4/c1-11(2)18-17(24)20-8-4-7-14(20)16(23)19-13-6-3-5-12(9-13)10-15(21)22/h3,5-6,9,11,14H,4,7-8,10H2,1-2H3,(H,18,24)(H,19,23)(H,21,22)/t14-/m0/s1. The number of urea groups is 1. The van der Waals surface area contributed by atoms with E-state index in [2.05, 4.69) is 10.6 Å². The van der Waals surface area contributed by atoms with Crippen molar-refractivity contribution in [1.82, 2.24) is 10.2 Å². The van der Waals surface area contributed by atoms with E-state index in [0.29, 0.717) is 24.2 Å². The molecule has 0 saturated carbocycles. The summed E-state index contributed by atoms with van der Waals surface area (Å²) in [5.41, 5.74) is 1.15. The van der Waals surface area contributed by atoms with Crippen molar-refractivity contribution in [2.24, 2.45) is 0 Å². The smallest absolute Gasteiger partial charge is 0.318 e. The SMILES string of the molecule is CC(C)NC(=O)N1CCC[C@H]1C(=O)Nc1cccc(CC(=O)O)c1. The first kappa shape index (κ1) is 17.8. The van der Waals surface area contributed by atoms with E-state index in [-0.39, 0.29) is 24.4 Å². The summed E-state index contributed by atoms with van der Waals surface area (Å²) < 4.78 is 0. The Bertz CT molecular complexity index is 630. The molecule has 1 saturated heterocycles. The second-order valence-corrected chi connectivity index (χ2v) is 6.22. The van der Waals surface area contributed by atoms with Crippen LogP contribution in [0.4, 0.5) is 10.5 Å². The van der Waals surface area contributed by atoms with Crippen LogP contribution in [0.25, 0.3) is 0 Å². The van der Waals surface area contributed by atoms with Crippen LogP contribution < -0.4 is 10.6 Å². The Balaban J connectivity index is 2.03. The quantitative estimate of drug-likeness (QED) is 0.765. The lowest BCUT2D eigenvalue weighted by Crippen LogP contribution is -2.49. The second-order valence-electron chi connectivity index (χ2n) is 6.22. The van der Waals surface area contributed by atoms with Crippen molar-refractivity contribution in [3.63, 3.8) is 0 Å². The zero-order chi connectivity index (χ0) is 17.7. The number of carboxylic acids is 1. The third kappa shape index (κ3) is 4.71. The molecule has 0 spiro atoms. The number of amides is 3. The van der Waals surface area contributed by atoms with Gasteiger partial charge in [0.2, 0.25) is 5.91 Å². The van der Waals surface area contributed by atoms with Crippen LogP contribution in [0.2, 0.25) is 0 Å². The highest BCUT2D eigenvalue weighted by Gasteiger charge is 2.34. The lowest BCUT2D eigenvalue weighted by molar-refractivity contribution is -0.136. The minimum atomic E-state index is -0.925. The molecule has 1 atom stereocenters. The third-order valence-corrected chi connectivity index (χ3v) is 3.78. The molecule has 0 unspecified atom stereocenters. The van der Waals surface area contributed by atoms with Crippen molar-refractivity contribution in [3.8, 4) is 0 Å². The van der Waals surface area contributed by atoms with Crippen molar-refractivity contribution < 1.29 is 19.5 Å². The van der Waals surface area contributed by atoms with E-state index >= 15 is 0 Å². The molecule has 3 N–H and O–H groups in total. The van der Waals surface area contributed by atoms with E-state index < -0.39 is 12.0 Å². The van der Waals surface area contributed by atoms with E-state index in [1.54, 1.807) is 29.2 Å². The number of nitrogens with one attached hydrogen (secondary N) is 2. The lowest BCUT2D eigenvalue weighted by Gasteiger charge is -2.25. The minimum absolute atomic E-state index is 0.00881. The molecular formula is C17H23N3O4. The summed E-state index contributed by atoms with van der Waals surface area (Å²) in [5, 5.41) is 14.4. The molecule has 0 aromatic heterocycles. The van der Waals surface area contributed by atoms with Gasteiger partial charge in [-0.25, -0.2) is 4.79 Å². The van der Waals surface area contributed by atoms with Gasteiger partial charge < -0.3 is 20.6 Å². The molecule has 0 aliphatic carbocycles. The van der Waals surface area contributed by atoms with Gasteiger partial charge in [-0.15, -0.1) is 0 Å². The lowest BCUT2D eigenvalue weighted by atomic mass is 10.1. The summed E-state index contributed by atoms with van der Waals surface area (Å²) in [6.45, 7) is 4.30. The van der Waals surface area contributed by atoms with Crippen LogP contribution in [0.5, 0.6) is 0 Å². The molecule has 2 rings (SSSR count). The monoisotopic (exact) mass is 333 g/mol. The highest BCUT2D eigenvalue weighted by Crippen LogP contribution is 2.20. The average Bonchev–Trinajstić information content (AvgIpc) is 2.95. The molecule has 24 heavy (non-hydrogen) atoms. The summed E-state index contributed by atoms with van der Waals surface area (Å²) in [6.07, 6.45) is 1.30. The zero-order valence-electron chi connectivity index (χ0n) is 13.9. The molecular weight excluding hydrogens is 310 g/mol.